The van der Waals surface area contributed by atoms with Gasteiger partial charge in [-0.3, -0.25) is 24.0 Å². The molecule has 2 aromatic heterocycles. The number of carbonyl (C=O) groups excluding carboxylic acids is 2. The van der Waals surface area contributed by atoms with Crippen LogP contribution >= 0.6 is 11.6 Å². The molecule has 0 saturated heterocycles. The Morgan fingerprint density at radius 3 is 2.68 bits per heavy atom. The Balaban J connectivity index is 1.48. The van der Waals surface area contributed by atoms with Gasteiger partial charge in [0.2, 0.25) is 11.9 Å². The summed E-state index contributed by atoms with van der Waals surface area (Å²) in [5.41, 5.74) is 2.99. The third-order valence-corrected chi connectivity index (χ3v) is 5.60. The van der Waals surface area contributed by atoms with Gasteiger partial charge in [0.25, 0.3) is 5.91 Å². The molecule has 0 saturated carbocycles. The summed E-state index contributed by atoms with van der Waals surface area (Å²) in [5, 5.41) is 3.25. The summed E-state index contributed by atoms with van der Waals surface area (Å²) in [4.78, 5) is 36.6. The summed E-state index contributed by atoms with van der Waals surface area (Å²) >= 11 is 6.16. The second-order valence-corrected chi connectivity index (χ2v) is 7.71. The number of nitrogens with zero attached hydrogens (tertiary/aromatic N) is 4. The summed E-state index contributed by atoms with van der Waals surface area (Å²) in [6.45, 7) is 0.332. The highest BCUT2D eigenvalue weighted by atomic mass is 35.5. The van der Waals surface area contributed by atoms with E-state index in [4.69, 9.17) is 11.6 Å². The maximum Gasteiger partial charge on any atom is 0.253 e. The number of benzene rings is 2. The molecule has 5 rings (SSSR count). The Labute approximate surface area is 183 Å². The molecule has 3 heterocycles. The van der Waals surface area contributed by atoms with Crippen LogP contribution in [0.25, 0.3) is 11.0 Å². The zero-order chi connectivity index (χ0) is 21.4. The van der Waals surface area contributed by atoms with Crippen LogP contribution in [-0.2, 0) is 16.1 Å². The maximum atomic E-state index is 13.4. The number of anilines is 2. The lowest BCUT2D eigenvalue weighted by Gasteiger charge is -2.16. The highest BCUT2D eigenvalue weighted by Gasteiger charge is 2.40. The molecule has 1 aliphatic heterocycles. The van der Waals surface area contributed by atoms with E-state index in [1.165, 1.54) is 0 Å². The molecule has 8 heteroatoms. The molecule has 0 bridgehead atoms. The minimum Gasteiger partial charge on any atom is -0.325 e. The topological polar surface area (TPSA) is 80.1 Å². The van der Waals surface area contributed by atoms with Gasteiger partial charge in [0.1, 0.15) is 6.04 Å². The molecule has 0 spiro atoms. The number of para-hydroxylation sites is 3. The van der Waals surface area contributed by atoms with Gasteiger partial charge in [-0.25, -0.2) is 4.98 Å². The van der Waals surface area contributed by atoms with Gasteiger partial charge in [-0.05, 0) is 35.9 Å². The van der Waals surface area contributed by atoms with E-state index in [9.17, 15) is 9.59 Å². The molecule has 7 nitrogen and oxygen atoms in total. The first kappa shape index (κ1) is 19.3. The monoisotopic (exact) mass is 431 g/mol. The number of imidazole rings is 1. The lowest BCUT2D eigenvalue weighted by Crippen LogP contribution is -2.31. The van der Waals surface area contributed by atoms with Crippen LogP contribution in [0.4, 0.5) is 11.6 Å². The van der Waals surface area contributed by atoms with Crippen molar-refractivity contribution in [2.75, 3.05) is 10.2 Å². The smallest absolute Gasteiger partial charge is 0.253 e. The largest absolute Gasteiger partial charge is 0.325 e. The minimum atomic E-state index is -0.693. The predicted octanol–water partition coefficient (Wildman–Crippen LogP) is 4.20. The van der Waals surface area contributed by atoms with Crippen molar-refractivity contribution in [3.63, 3.8) is 0 Å². The fourth-order valence-electron chi connectivity index (χ4n) is 3.86. The van der Waals surface area contributed by atoms with Crippen LogP contribution in [0.5, 0.6) is 0 Å². The van der Waals surface area contributed by atoms with Crippen molar-refractivity contribution < 1.29 is 9.59 Å². The van der Waals surface area contributed by atoms with Gasteiger partial charge in [-0.2, -0.15) is 0 Å². The van der Waals surface area contributed by atoms with E-state index in [-0.39, 0.29) is 18.2 Å². The summed E-state index contributed by atoms with van der Waals surface area (Å²) in [6.07, 6.45) is 3.38. The molecule has 154 valence electrons. The van der Waals surface area contributed by atoms with Crippen LogP contribution < -0.4 is 10.2 Å². The minimum absolute atomic E-state index is 0.0268. The van der Waals surface area contributed by atoms with Crippen molar-refractivity contribution in [3.05, 3.63) is 83.6 Å². The molecular weight excluding hydrogens is 414 g/mol. The van der Waals surface area contributed by atoms with Crippen molar-refractivity contribution in [2.24, 2.45) is 0 Å². The zero-order valence-electron chi connectivity index (χ0n) is 16.4. The number of fused-ring (bicyclic) bond motifs is 3. The number of hydrogen-bond donors (Lipinski definition) is 1. The van der Waals surface area contributed by atoms with Crippen LogP contribution in [0.2, 0.25) is 5.02 Å². The van der Waals surface area contributed by atoms with E-state index in [2.05, 4.69) is 15.3 Å². The van der Waals surface area contributed by atoms with Gasteiger partial charge in [-0.15, -0.1) is 0 Å². The molecule has 0 unspecified atom stereocenters. The number of hydrogen-bond acceptors (Lipinski definition) is 4. The quantitative estimate of drug-likeness (QED) is 0.513. The summed E-state index contributed by atoms with van der Waals surface area (Å²) in [6, 6.07) is 17.7. The van der Waals surface area contributed by atoms with Gasteiger partial charge in [0.15, 0.2) is 0 Å². The second-order valence-electron chi connectivity index (χ2n) is 7.30. The number of carbonyl (C=O) groups is 2. The summed E-state index contributed by atoms with van der Waals surface area (Å²) < 4.78 is 1.85. The van der Waals surface area contributed by atoms with Crippen molar-refractivity contribution in [1.82, 2.24) is 14.5 Å². The third kappa shape index (κ3) is 3.53. The average Bonchev–Trinajstić information content (AvgIpc) is 3.27. The molecule has 31 heavy (non-hydrogen) atoms. The standard InChI is InChI=1S/C23H18ClN5O2/c24-16-7-1-2-8-17(16)26-21(30)12-20-22(31)28(14-15-6-5-11-25-13-15)23-27-18-9-3-4-10-19(18)29(20)23/h1-11,13,20H,12,14H2,(H,26,30)/t20-/m0/s1. The molecule has 4 aromatic rings. The van der Waals surface area contributed by atoms with Crippen molar-refractivity contribution in [1.29, 1.82) is 0 Å². The number of nitrogens with one attached hydrogen (secondary N) is 1. The zero-order valence-corrected chi connectivity index (χ0v) is 17.2. The first-order valence-corrected chi connectivity index (χ1v) is 10.2. The fourth-order valence-corrected chi connectivity index (χ4v) is 4.04. The predicted molar refractivity (Wildman–Crippen MR) is 119 cm³/mol. The number of pyridine rings is 1. The Bertz CT molecular complexity index is 1290. The highest BCUT2D eigenvalue weighted by molar-refractivity contribution is 6.33. The number of amides is 2. The Hall–Kier alpha value is -3.71. The van der Waals surface area contributed by atoms with E-state index in [0.29, 0.717) is 23.2 Å². The van der Waals surface area contributed by atoms with Gasteiger partial charge in [0, 0.05) is 12.4 Å². The normalized spacial score (nSPS) is 15.3. The van der Waals surface area contributed by atoms with E-state index in [1.807, 2.05) is 41.0 Å². The van der Waals surface area contributed by atoms with E-state index in [0.717, 1.165) is 16.6 Å². The van der Waals surface area contributed by atoms with E-state index >= 15 is 0 Å². The van der Waals surface area contributed by atoms with Crippen LogP contribution in [-0.4, -0.2) is 26.3 Å². The van der Waals surface area contributed by atoms with Crippen molar-refractivity contribution in [3.8, 4) is 0 Å². The highest BCUT2D eigenvalue weighted by Crippen LogP contribution is 2.37. The first-order chi connectivity index (χ1) is 15.1. The molecular formula is C23H18ClN5O2. The van der Waals surface area contributed by atoms with Gasteiger partial charge in [-0.1, -0.05) is 41.9 Å². The molecule has 1 N–H and O–H groups in total. The van der Waals surface area contributed by atoms with Crippen LogP contribution in [0.3, 0.4) is 0 Å². The molecule has 1 atom stereocenters. The summed E-state index contributed by atoms with van der Waals surface area (Å²) in [7, 11) is 0. The molecule has 2 amide bonds. The molecule has 0 radical (unpaired) electrons. The van der Waals surface area contributed by atoms with Crippen molar-refractivity contribution in [2.45, 2.75) is 19.0 Å². The lowest BCUT2D eigenvalue weighted by molar-refractivity contribution is -0.124. The molecule has 0 fully saturated rings. The lowest BCUT2D eigenvalue weighted by atomic mass is 10.1. The second kappa shape index (κ2) is 7.85. The van der Waals surface area contributed by atoms with E-state index < -0.39 is 6.04 Å². The molecule has 2 aromatic carbocycles. The number of aromatic nitrogens is 3. The maximum absolute atomic E-state index is 13.4. The Morgan fingerprint density at radius 1 is 1.06 bits per heavy atom. The van der Waals surface area contributed by atoms with Gasteiger partial charge >= 0.3 is 0 Å². The average molecular weight is 432 g/mol. The van der Waals surface area contributed by atoms with Gasteiger partial charge in [0.05, 0.1) is 34.7 Å². The fraction of sp³-hybridized carbons (Fsp3) is 0.130. The number of rotatable bonds is 5. The summed E-state index contributed by atoms with van der Waals surface area (Å²) in [5.74, 6) is 0.0652. The van der Waals surface area contributed by atoms with Crippen molar-refractivity contribution >= 4 is 46.1 Å². The first-order valence-electron chi connectivity index (χ1n) is 9.83. The van der Waals surface area contributed by atoms with Crippen LogP contribution in [0.15, 0.2) is 73.1 Å². The Morgan fingerprint density at radius 2 is 1.87 bits per heavy atom. The molecule has 0 aliphatic carbocycles. The van der Waals surface area contributed by atoms with Crippen LogP contribution in [0, 0.1) is 0 Å². The number of halogens is 1. The SMILES string of the molecule is O=C(C[C@H]1C(=O)N(Cc2cccnc2)c2nc3ccccc3n21)Nc1ccccc1Cl. The Kier molecular flexibility index (Phi) is 4.88. The van der Waals surface area contributed by atoms with Gasteiger partial charge < -0.3 is 5.32 Å². The van der Waals surface area contributed by atoms with Crippen LogP contribution in [0.1, 0.15) is 18.0 Å². The molecule has 1 aliphatic rings. The third-order valence-electron chi connectivity index (χ3n) is 5.27. The van der Waals surface area contributed by atoms with E-state index in [1.54, 1.807) is 41.6 Å².